The van der Waals surface area contributed by atoms with E-state index in [2.05, 4.69) is 91.0 Å². The largest absolute Gasteiger partial charge is 0.491 e. The van der Waals surface area contributed by atoms with Gasteiger partial charge in [0.05, 0.1) is 19.3 Å². The van der Waals surface area contributed by atoms with E-state index in [0.29, 0.717) is 19.8 Å². The van der Waals surface area contributed by atoms with Crippen LogP contribution in [0.5, 0.6) is 5.75 Å². The van der Waals surface area contributed by atoms with Gasteiger partial charge in [0.25, 0.3) is 0 Å². The minimum atomic E-state index is 0.275. The number of benzene rings is 4. The van der Waals surface area contributed by atoms with Gasteiger partial charge >= 0.3 is 0 Å². The maximum atomic E-state index is 5.85. The molecule has 1 unspecified atom stereocenters. The van der Waals surface area contributed by atoms with E-state index in [9.17, 15) is 0 Å². The molecule has 1 fully saturated rings. The van der Waals surface area contributed by atoms with Crippen LogP contribution in [0.1, 0.15) is 6.42 Å². The molecule has 5 rings (SSSR count). The second-order valence-corrected chi connectivity index (χ2v) is 8.26. The first-order valence-electron chi connectivity index (χ1n) is 11.5. The molecule has 0 radical (unpaired) electrons. The van der Waals surface area contributed by atoms with Gasteiger partial charge in [-0.2, -0.15) is 0 Å². The van der Waals surface area contributed by atoms with Gasteiger partial charge in [0, 0.05) is 6.61 Å². The molecule has 0 spiro atoms. The first kappa shape index (κ1) is 21.4. The molecule has 3 heteroatoms. The van der Waals surface area contributed by atoms with E-state index in [1.54, 1.807) is 0 Å². The second kappa shape index (κ2) is 10.5. The highest BCUT2D eigenvalue weighted by Crippen LogP contribution is 2.33. The molecule has 0 aromatic heterocycles. The molecule has 0 aliphatic carbocycles. The van der Waals surface area contributed by atoms with Crippen LogP contribution >= 0.6 is 0 Å². The summed E-state index contributed by atoms with van der Waals surface area (Å²) in [5.41, 5.74) is 7.19. The molecule has 0 N–H and O–H groups in total. The molecule has 1 aliphatic heterocycles. The van der Waals surface area contributed by atoms with Gasteiger partial charge in [-0.25, -0.2) is 0 Å². The maximum absolute atomic E-state index is 5.85. The highest BCUT2D eigenvalue weighted by molar-refractivity contribution is 5.81. The van der Waals surface area contributed by atoms with Crippen molar-refractivity contribution in [3.8, 4) is 39.1 Å². The Balaban J connectivity index is 1.33. The van der Waals surface area contributed by atoms with Crippen molar-refractivity contribution in [3.05, 3.63) is 103 Å². The monoisotopic (exact) mass is 436 g/mol. The lowest BCUT2D eigenvalue weighted by Gasteiger charge is -2.25. The third-order valence-electron chi connectivity index (χ3n) is 5.93. The Bertz CT molecular complexity index is 1090. The summed E-state index contributed by atoms with van der Waals surface area (Å²) in [6.07, 6.45) is 1.37. The van der Waals surface area contributed by atoms with Crippen LogP contribution in [0, 0.1) is 0 Å². The zero-order valence-electron chi connectivity index (χ0n) is 18.7. The normalized spacial score (nSPS) is 15.1. The number of hydrogen-bond donors (Lipinski definition) is 0. The molecule has 0 amide bonds. The average Bonchev–Trinajstić information content (AvgIpc) is 2.86. The standard InChI is InChI=1S/C30H28O3/c1-3-7-23(8-4-1)26-19-27(24-9-5-2-6-10-24)21-28(20-26)25-11-13-29(14-12-25)33-18-17-31-22-30-15-16-32-30/h1-14,19-21,30H,15-18,22H2. The minimum Gasteiger partial charge on any atom is -0.491 e. The van der Waals surface area contributed by atoms with E-state index >= 15 is 0 Å². The van der Waals surface area contributed by atoms with Crippen LogP contribution in [0.3, 0.4) is 0 Å². The van der Waals surface area contributed by atoms with Crippen LogP contribution in [-0.4, -0.2) is 32.5 Å². The first-order valence-corrected chi connectivity index (χ1v) is 11.5. The minimum absolute atomic E-state index is 0.275. The summed E-state index contributed by atoms with van der Waals surface area (Å²) >= 11 is 0. The Morgan fingerprint density at radius 1 is 0.606 bits per heavy atom. The Labute approximate surface area is 195 Å². The summed E-state index contributed by atoms with van der Waals surface area (Å²) in [6.45, 7) is 2.62. The smallest absolute Gasteiger partial charge is 0.119 e. The lowest BCUT2D eigenvalue weighted by Crippen LogP contribution is -2.31. The van der Waals surface area contributed by atoms with Gasteiger partial charge in [-0.05, 0) is 70.1 Å². The molecule has 3 nitrogen and oxygen atoms in total. The highest BCUT2D eigenvalue weighted by Gasteiger charge is 2.17. The molecular formula is C30H28O3. The Kier molecular flexibility index (Phi) is 6.81. The molecule has 0 bridgehead atoms. The maximum Gasteiger partial charge on any atom is 0.119 e. The summed E-state index contributed by atoms with van der Waals surface area (Å²) in [7, 11) is 0. The van der Waals surface area contributed by atoms with Gasteiger partial charge in [0.15, 0.2) is 0 Å². The van der Waals surface area contributed by atoms with Gasteiger partial charge < -0.3 is 14.2 Å². The third kappa shape index (κ3) is 5.51. The molecular weight excluding hydrogens is 408 g/mol. The van der Waals surface area contributed by atoms with Crippen LogP contribution in [-0.2, 0) is 9.47 Å². The number of hydrogen-bond acceptors (Lipinski definition) is 3. The predicted octanol–water partition coefficient (Wildman–Crippen LogP) is 6.87. The van der Waals surface area contributed by atoms with E-state index in [-0.39, 0.29) is 6.10 Å². The van der Waals surface area contributed by atoms with E-state index in [1.807, 2.05) is 12.1 Å². The van der Waals surface area contributed by atoms with Crippen molar-refractivity contribution in [2.24, 2.45) is 0 Å². The Morgan fingerprint density at radius 3 is 1.61 bits per heavy atom. The van der Waals surface area contributed by atoms with E-state index in [1.165, 1.54) is 27.8 Å². The molecule has 166 valence electrons. The zero-order valence-corrected chi connectivity index (χ0v) is 18.7. The topological polar surface area (TPSA) is 27.7 Å². The van der Waals surface area contributed by atoms with Gasteiger partial charge in [0.1, 0.15) is 12.4 Å². The van der Waals surface area contributed by atoms with Crippen molar-refractivity contribution in [1.82, 2.24) is 0 Å². The van der Waals surface area contributed by atoms with Crippen LogP contribution in [0.4, 0.5) is 0 Å². The van der Waals surface area contributed by atoms with Crippen LogP contribution in [0.25, 0.3) is 33.4 Å². The van der Waals surface area contributed by atoms with Crippen LogP contribution in [0.2, 0.25) is 0 Å². The summed E-state index contributed by atoms with van der Waals surface area (Å²) in [5, 5.41) is 0. The fraction of sp³-hybridized carbons (Fsp3) is 0.200. The van der Waals surface area contributed by atoms with Crippen molar-refractivity contribution in [2.75, 3.05) is 26.4 Å². The second-order valence-electron chi connectivity index (χ2n) is 8.26. The van der Waals surface area contributed by atoms with Crippen LogP contribution in [0.15, 0.2) is 103 Å². The third-order valence-corrected chi connectivity index (χ3v) is 5.93. The molecule has 1 saturated heterocycles. The molecule has 1 atom stereocenters. The lowest BCUT2D eigenvalue weighted by atomic mass is 9.93. The van der Waals surface area contributed by atoms with E-state index in [0.717, 1.165) is 24.3 Å². The Morgan fingerprint density at radius 2 is 1.12 bits per heavy atom. The van der Waals surface area contributed by atoms with Crippen molar-refractivity contribution in [1.29, 1.82) is 0 Å². The summed E-state index contributed by atoms with van der Waals surface area (Å²) in [4.78, 5) is 0. The lowest BCUT2D eigenvalue weighted by molar-refractivity contribution is -0.0957. The molecule has 1 aliphatic rings. The molecule has 33 heavy (non-hydrogen) atoms. The highest BCUT2D eigenvalue weighted by atomic mass is 16.6. The number of rotatable bonds is 9. The zero-order chi connectivity index (χ0) is 22.3. The molecule has 0 saturated carbocycles. The molecule has 4 aromatic carbocycles. The quantitative estimate of drug-likeness (QED) is 0.268. The summed E-state index contributed by atoms with van der Waals surface area (Å²) in [6, 6.07) is 36.1. The number of ether oxygens (including phenoxy) is 3. The van der Waals surface area contributed by atoms with Gasteiger partial charge in [-0.1, -0.05) is 72.8 Å². The van der Waals surface area contributed by atoms with Gasteiger partial charge in [0.2, 0.25) is 0 Å². The van der Waals surface area contributed by atoms with Crippen molar-refractivity contribution >= 4 is 0 Å². The first-order chi connectivity index (χ1) is 16.3. The fourth-order valence-electron chi connectivity index (χ4n) is 3.98. The van der Waals surface area contributed by atoms with Gasteiger partial charge in [-0.15, -0.1) is 0 Å². The van der Waals surface area contributed by atoms with Crippen LogP contribution < -0.4 is 4.74 Å². The summed E-state index contributed by atoms with van der Waals surface area (Å²) < 4.78 is 16.8. The average molecular weight is 437 g/mol. The predicted molar refractivity (Wildman–Crippen MR) is 133 cm³/mol. The van der Waals surface area contributed by atoms with E-state index in [4.69, 9.17) is 14.2 Å². The van der Waals surface area contributed by atoms with Crippen molar-refractivity contribution in [3.63, 3.8) is 0 Å². The Hall–Kier alpha value is -3.40. The van der Waals surface area contributed by atoms with Crippen molar-refractivity contribution < 1.29 is 14.2 Å². The molecule has 4 aromatic rings. The van der Waals surface area contributed by atoms with Gasteiger partial charge in [-0.3, -0.25) is 0 Å². The fourth-order valence-corrected chi connectivity index (χ4v) is 3.98. The van der Waals surface area contributed by atoms with E-state index < -0.39 is 0 Å². The van der Waals surface area contributed by atoms with Crippen molar-refractivity contribution in [2.45, 2.75) is 12.5 Å². The summed E-state index contributed by atoms with van der Waals surface area (Å²) in [5.74, 6) is 0.852. The molecule has 1 heterocycles. The SMILES string of the molecule is c1ccc(-c2cc(-c3ccccc3)cc(-c3ccc(OCCOCC4CCO4)cc3)c2)cc1.